The van der Waals surface area contributed by atoms with Crippen LogP contribution in [0.25, 0.3) is 102 Å². The Labute approximate surface area is 359 Å². The van der Waals surface area contributed by atoms with Crippen LogP contribution in [0.1, 0.15) is 5.56 Å². The molecule has 0 saturated carbocycles. The third-order valence-corrected chi connectivity index (χ3v) is 10.6. The molecule has 0 saturated heterocycles. The lowest BCUT2D eigenvalue weighted by atomic mass is 9.91. The molecule has 0 atom stereocenters. The van der Waals surface area contributed by atoms with Gasteiger partial charge in [-0.3, -0.25) is 0 Å². The zero-order valence-electron chi connectivity index (χ0n) is 33.3. The van der Waals surface area contributed by atoms with Gasteiger partial charge in [-0.1, -0.05) is 188 Å². The Bertz CT molecular complexity index is 2900. The first-order chi connectivity index (χ1) is 30.6. The molecule has 7 heteroatoms. The monoisotopic (exact) mass is 793 g/mol. The van der Waals surface area contributed by atoms with Gasteiger partial charge >= 0.3 is 0 Å². The maximum absolute atomic E-state index is 10.1. The zero-order chi connectivity index (χ0) is 41.7. The summed E-state index contributed by atoms with van der Waals surface area (Å²) in [6.07, 6.45) is 0. The molecule has 0 N–H and O–H groups in total. The van der Waals surface area contributed by atoms with Crippen molar-refractivity contribution in [3.8, 4) is 108 Å². The fourth-order valence-corrected chi connectivity index (χ4v) is 7.45. The molecular weight excluding hydrogens is 759 g/mol. The van der Waals surface area contributed by atoms with E-state index in [-0.39, 0.29) is 0 Å². The van der Waals surface area contributed by atoms with Gasteiger partial charge < -0.3 is 0 Å². The maximum atomic E-state index is 10.1. The fourth-order valence-electron chi connectivity index (χ4n) is 7.45. The molecule has 62 heavy (non-hydrogen) atoms. The van der Waals surface area contributed by atoms with Crippen molar-refractivity contribution in [3.63, 3.8) is 0 Å². The standard InChI is InChI=1S/C55H35N7/c56-36-45-23-13-14-24-49(45)48-34-46(37-25-29-43(30-26-37)54-59-50(39-15-5-1-6-16-39)57-51(60-54)40-17-7-2-8-18-40)33-47(35-48)38-27-31-44(32-28-38)55-61-52(41-19-9-3-10-20-41)58-53(62-55)42-21-11-4-12-22-42/h1-35H. The Kier molecular flexibility index (Phi) is 10.2. The van der Waals surface area contributed by atoms with E-state index >= 15 is 0 Å². The number of nitrogens with zero attached hydrogens (tertiary/aromatic N) is 7. The molecule has 0 aliphatic heterocycles. The van der Waals surface area contributed by atoms with Crippen molar-refractivity contribution in [3.05, 3.63) is 218 Å². The quantitative estimate of drug-likeness (QED) is 0.143. The largest absolute Gasteiger partial charge is 0.208 e. The van der Waals surface area contributed by atoms with Crippen molar-refractivity contribution in [2.24, 2.45) is 0 Å². The van der Waals surface area contributed by atoms with Crippen LogP contribution in [0.3, 0.4) is 0 Å². The van der Waals surface area contributed by atoms with Crippen molar-refractivity contribution in [1.29, 1.82) is 5.26 Å². The number of benzene rings is 8. The second kappa shape index (κ2) is 16.9. The molecule has 0 spiro atoms. The minimum atomic E-state index is 0.590. The highest BCUT2D eigenvalue weighted by Gasteiger charge is 2.16. The second-order valence-corrected chi connectivity index (χ2v) is 14.7. The van der Waals surface area contributed by atoms with Gasteiger partial charge in [-0.25, -0.2) is 29.9 Å². The van der Waals surface area contributed by atoms with Crippen LogP contribution in [-0.2, 0) is 0 Å². The van der Waals surface area contributed by atoms with E-state index in [1.165, 1.54) is 0 Å². The van der Waals surface area contributed by atoms with Crippen LogP contribution in [0, 0.1) is 11.3 Å². The molecule has 2 aromatic heterocycles. The van der Waals surface area contributed by atoms with Crippen LogP contribution in [0.2, 0.25) is 0 Å². The Balaban J connectivity index is 1.04. The predicted octanol–water partition coefficient (Wildman–Crippen LogP) is 12.9. The molecule has 0 aliphatic carbocycles. The Morgan fingerprint density at radius 3 is 0.823 bits per heavy atom. The molecule has 10 rings (SSSR count). The van der Waals surface area contributed by atoms with Crippen molar-refractivity contribution >= 4 is 0 Å². The lowest BCUT2D eigenvalue weighted by Crippen LogP contribution is -2.00. The minimum Gasteiger partial charge on any atom is -0.208 e. The Morgan fingerprint density at radius 2 is 0.500 bits per heavy atom. The first kappa shape index (κ1) is 37.5. The topological polar surface area (TPSA) is 101 Å². The van der Waals surface area contributed by atoms with Gasteiger partial charge in [-0.15, -0.1) is 0 Å². The van der Waals surface area contributed by atoms with Gasteiger partial charge in [0.2, 0.25) is 0 Å². The summed E-state index contributed by atoms with van der Waals surface area (Å²) in [5.74, 6) is 3.63. The Hall–Kier alpha value is -8.73. The molecule has 10 aromatic rings. The summed E-state index contributed by atoms with van der Waals surface area (Å²) in [5.41, 5.74) is 11.9. The molecule has 7 nitrogen and oxygen atoms in total. The summed E-state index contributed by atoms with van der Waals surface area (Å²) in [5, 5.41) is 10.1. The predicted molar refractivity (Wildman–Crippen MR) is 247 cm³/mol. The van der Waals surface area contributed by atoms with E-state index in [0.717, 1.165) is 66.8 Å². The minimum absolute atomic E-state index is 0.590. The molecule has 8 aromatic carbocycles. The SMILES string of the molecule is N#Cc1ccccc1-c1cc(-c2ccc(-c3nc(-c4ccccc4)nc(-c4ccccc4)n3)cc2)cc(-c2ccc(-c3nc(-c4ccccc4)nc(-c4ccccc4)n3)cc2)c1. The smallest absolute Gasteiger partial charge is 0.164 e. The van der Waals surface area contributed by atoms with Crippen LogP contribution in [0.4, 0.5) is 0 Å². The van der Waals surface area contributed by atoms with E-state index in [9.17, 15) is 5.26 Å². The Morgan fingerprint density at radius 1 is 0.242 bits per heavy atom. The van der Waals surface area contributed by atoms with E-state index < -0.39 is 0 Å². The van der Waals surface area contributed by atoms with Crippen LogP contribution in [-0.4, -0.2) is 29.9 Å². The molecule has 0 aliphatic rings. The average Bonchev–Trinajstić information content (AvgIpc) is 3.37. The van der Waals surface area contributed by atoms with Crippen molar-refractivity contribution in [1.82, 2.24) is 29.9 Å². The van der Waals surface area contributed by atoms with Crippen LogP contribution < -0.4 is 0 Å². The van der Waals surface area contributed by atoms with Gasteiger partial charge in [-0.2, -0.15) is 5.26 Å². The van der Waals surface area contributed by atoms with Gasteiger partial charge in [0.25, 0.3) is 0 Å². The highest BCUT2D eigenvalue weighted by atomic mass is 15.0. The molecule has 0 amide bonds. The number of nitriles is 1. The number of aromatic nitrogens is 6. The lowest BCUT2D eigenvalue weighted by Gasteiger charge is -2.13. The van der Waals surface area contributed by atoms with E-state index in [4.69, 9.17) is 29.9 Å². The molecule has 0 radical (unpaired) electrons. The van der Waals surface area contributed by atoms with Crippen LogP contribution in [0.15, 0.2) is 212 Å². The third kappa shape index (κ3) is 7.87. The fraction of sp³-hybridized carbons (Fsp3) is 0. The van der Waals surface area contributed by atoms with Crippen molar-refractivity contribution in [2.45, 2.75) is 0 Å². The normalized spacial score (nSPS) is 10.9. The summed E-state index contributed by atoms with van der Waals surface area (Å²) >= 11 is 0. The number of hydrogen-bond acceptors (Lipinski definition) is 7. The molecular formula is C55H35N7. The lowest BCUT2D eigenvalue weighted by molar-refractivity contribution is 1.07. The highest BCUT2D eigenvalue weighted by Crippen LogP contribution is 2.36. The second-order valence-electron chi connectivity index (χ2n) is 14.7. The maximum Gasteiger partial charge on any atom is 0.164 e. The zero-order valence-corrected chi connectivity index (χ0v) is 33.3. The third-order valence-electron chi connectivity index (χ3n) is 10.6. The summed E-state index contributed by atoms with van der Waals surface area (Å²) in [7, 11) is 0. The van der Waals surface area contributed by atoms with Crippen molar-refractivity contribution < 1.29 is 0 Å². The molecule has 0 bridgehead atoms. The summed E-state index contributed by atoms with van der Waals surface area (Å²) in [6.45, 7) is 0. The van der Waals surface area contributed by atoms with Gasteiger partial charge in [0, 0.05) is 33.4 Å². The summed E-state index contributed by atoms with van der Waals surface area (Å²) in [6, 6.07) is 73.1. The summed E-state index contributed by atoms with van der Waals surface area (Å²) < 4.78 is 0. The first-order valence-electron chi connectivity index (χ1n) is 20.3. The molecule has 0 fully saturated rings. The van der Waals surface area contributed by atoms with E-state index in [1.54, 1.807) is 0 Å². The summed E-state index contributed by atoms with van der Waals surface area (Å²) in [4.78, 5) is 29.4. The van der Waals surface area contributed by atoms with Gasteiger partial charge in [0.05, 0.1) is 11.6 Å². The molecule has 290 valence electrons. The molecule has 0 unspecified atom stereocenters. The average molecular weight is 794 g/mol. The van der Waals surface area contributed by atoms with Crippen LogP contribution >= 0.6 is 0 Å². The van der Waals surface area contributed by atoms with E-state index in [0.29, 0.717) is 40.5 Å². The number of hydrogen-bond donors (Lipinski definition) is 0. The van der Waals surface area contributed by atoms with E-state index in [1.807, 2.05) is 146 Å². The van der Waals surface area contributed by atoms with Gasteiger partial charge in [0.1, 0.15) is 0 Å². The number of rotatable bonds is 9. The molecule has 2 heterocycles. The first-order valence-corrected chi connectivity index (χ1v) is 20.3. The van der Waals surface area contributed by atoms with Crippen LogP contribution in [0.5, 0.6) is 0 Å². The van der Waals surface area contributed by atoms with Gasteiger partial charge in [-0.05, 0) is 57.6 Å². The van der Waals surface area contributed by atoms with Crippen molar-refractivity contribution in [2.75, 3.05) is 0 Å². The van der Waals surface area contributed by atoms with E-state index in [2.05, 4.69) is 72.8 Å². The highest BCUT2D eigenvalue weighted by molar-refractivity contribution is 5.84. The van der Waals surface area contributed by atoms with Gasteiger partial charge in [0.15, 0.2) is 34.9 Å².